The average molecular weight is 347 g/mol. The van der Waals surface area contributed by atoms with Gasteiger partial charge in [0.1, 0.15) is 0 Å². The minimum absolute atomic E-state index is 0.169. The summed E-state index contributed by atoms with van der Waals surface area (Å²) in [6.45, 7) is 0.696. The highest BCUT2D eigenvalue weighted by atomic mass is 16.5. The normalized spacial score (nSPS) is 20.0. The zero-order valence-electron chi connectivity index (χ0n) is 14.1. The zero-order valence-corrected chi connectivity index (χ0v) is 14.1. The number of fused-ring (bicyclic) bond motifs is 2. The molecule has 6 heteroatoms. The highest BCUT2D eigenvalue weighted by Crippen LogP contribution is 2.36. The Morgan fingerprint density at radius 2 is 1.73 bits per heavy atom. The fourth-order valence-electron chi connectivity index (χ4n) is 3.81. The van der Waals surface area contributed by atoms with Crippen molar-refractivity contribution >= 4 is 28.4 Å². The van der Waals surface area contributed by atoms with Gasteiger partial charge in [-0.1, -0.05) is 24.3 Å². The summed E-state index contributed by atoms with van der Waals surface area (Å²) in [6, 6.07) is 12.5. The lowest BCUT2D eigenvalue weighted by Crippen LogP contribution is -2.30. The lowest BCUT2D eigenvalue weighted by molar-refractivity contribution is -0.0366. The minimum Gasteiger partial charge on any atom is -0.356 e. The highest BCUT2D eigenvalue weighted by molar-refractivity contribution is 6.35. The van der Waals surface area contributed by atoms with Gasteiger partial charge in [-0.05, 0) is 37.5 Å². The van der Waals surface area contributed by atoms with Gasteiger partial charge in [0.05, 0.1) is 28.5 Å². The smallest absolute Gasteiger partial charge is 0.266 e. The third-order valence-corrected chi connectivity index (χ3v) is 5.06. The van der Waals surface area contributed by atoms with Crippen LogP contribution in [0.4, 0.5) is 5.69 Å². The molecule has 0 radical (unpaired) electrons. The van der Waals surface area contributed by atoms with E-state index in [1.807, 2.05) is 16.8 Å². The van der Waals surface area contributed by atoms with Crippen LogP contribution in [-0.2, 0) is 4.74 Å². The van der Waals surface area contributed by atoms with Crippen molar-refractivity contribution in [2.24, 2.45) is 0 Å². The molecule has 5 rings (SSSR count). The Balaban J connectivity index is 1.67. The van der Waals surface area contributed by atoms with E-state index in [0.717, 1.165) is 30.2 Å². The number of amides is 2. The van der Waals surface area contributed by atoms with Crippen LogP contribution >= 0.6 is 0 Å². The number of nitrogens with zero attached hydrogens (tertiary/aromatic N) is 3. The molecular formula is C20H17N3O3. The Morgan fingerprint density at radius 1 is 0.962 bits per heavy atom. The molecule has 2 amide bonds. The first-order valence-corrected chi connectivity index (χ1v) is 8.81. The fraction of sp³-hybridized carbons (Fsp3) is 0.250. The Bertz CT molecular complexity index is 999. The van der Waals surface area contributed by atoms with E-state index >= 15 is 0 Å². The van der Waals surface area contributed by atoms with Gasteiger partial charge in [0.2, 0.25) is 0 Å². The van der Waals surface area contributed by atoms with Crippen molar-refractivity contribution in [1.82, 2.24) is 9.78 Å². The number of hydrogen-bond acceptors (Lipinski definition) is 4. The first-order chi connectivity index (χ1) is 12.8. The topological polar surface area (TPSA) is 64.4 Å². The maximum Gasteiger partial charge on any atom is 0.266 e. The Hall–Kier alpha value is -2.99. The largest absolute Gasteiger partial charge is 0.356 e. The minimum atomic E-state index is -0.296. The number of hydrogen-bond donors (Lipinski definition) is 0. The van der Waals surface area contributed by atoms with Gasteiger partial charge in [-0.2, -0.15) is 5.10 Å². The maximum atomic E-state index is 12.9. The summed E-state index contributed by atoms with van der Waals surface area (Å²) in [5.41, 5.74) is 2.19. The van der Waals surface area contributed by atoms with Crippen molar-refractivity contribution < 1.29 is 14.3 Å². The molecule has 130 valence electrons. The number of benzene rings is 2. The van der Waals surface area contributed by atoms with Crippen LogP contribution in [0.25, 0.3) is 10.9 Å². The van der Waals surface area contributed by atoms with Crippen LogP contribution in [0.5, 0.6) is 0 Å². The van der Waals surface area contributed by atoms with Crippen LogP contribution in [-0.4, -0.2) is 28.2 Å². The summed E-state index contributed by atoms with van der Waals surface area (Å²) in [5.74, 6) is -0.592. The molecule has 2 aromatic carbocycles. The summed E-state index contributed by atoms with van der Waals surface area (Å²) in [6.07, 6.45) is 4.57. The van der Waals surface area contributed by atoms with Gasteiger partial charge < -0.3 is 4.74 Å². The Morgan fingerprint density at radius 3 is 2.42 bits per heavy atom. The van der Waals surface area contributed by atoms with E-state index in [4.69, 9.17) is 4.74 Å². The molecule has 0 saturated carbocycles. The molecule has 1 unspecified atom stereocenters. The molecule has 0 aliphatic carbocycles. The second-order valence-corrected chi connectivity index (χ2v) is 6.62. The number of carbonyl (C=O) groups excluding carboxylic acids is 2. The second kappa shape index (κ2) is 5.78. The number of rotatable bonds is 2. The monoisotopic (exact) mass is 347 g/mol. The molecule has 1 fully saturated rings. The SMILES string of the molecule is O=C1c2ccccc2C(=O)N1c1cccc2cnn(C3CCCCO3)c12. The van der Waals surface area contributed by atoms with Gasteiger partial charge in [-0.15, -0.1) is 0 Å². The third kappa shape index (κ3) is 2.12. The number of aromatic nitrogens is 2. The van der Waals surface area contributed by atoms with E-state index in [1.165, 1.54) is 4.90 Å². The molecule has 1 aromatic heterocycles. The summed E-state index contributed by atoms with van der Waals surface area (Å²) in [4.78, 5) is 27.1. The van der Waals surface area contributed by atoms with Crippen molar-refractivity contribution in [2.75, 3.05) is 11.5 Å². The van der Waals surface area contributed by atoms with Crippen LogP contribution in [0.3, 0.4) is 0 Å². The van der Waals surface area contributed by atoms with Crippen molar-refractivity contribution in [3.63, 3.8) is 0 Å². The Labute approximate surface area is 150 Å². The number of para-hydroxylation sites is 1. The molecule has 6 nitrogen and oxygen atoms in total. The van der Waals surface area contributed by atoms with Crippen molar-refractivity contribution in [2.45, 2.75) is 25.5 Å². The standard InChI is InChI=1S/C20H17N3O3/c24-19-14-7-1-2-8-15(14)20(25)22(19)16-9-5-6-13-12-21-23(18(13)16)17-10-3-4-11-26-17/h1-2,5-9,12,17H,3-4,10-11H2. The summed E-state index contributed by atoms with van der Waals surface area (Å²) in [7, 11) is 0. The lowest BCUT2D eigenvalue weighted by atomic mass is 10.1. The van der Waals surface area contributed by atoms with E-state index in [-0.39, 0.29) is 18.0 Å². The quantitative estimate of drug-likeness (QED) is 0.665. The van der Waals surface area contributed by atoms with Gasteiger partial charge in [0.15, 0.2) is 6.23 Å². The second-order valence-electron chi connectivity index (χ2n) is 6.62. The number of imide groups is 1. The predicted molar refractivity (Wildman–Crippen MR) is 96.2 cm³/mol. The van der Waals surface area contributed by atoms with Gasteiger partial charge in [-0.25, -0.2) is 9.58 Å². The van der Waals surface area contributed by atoms with Crippen LogP contribution in [0.2, 0.25) is 0 Å². The summed E-state index contributed by atoms with van der Waals surface area (Å²) in [5, 5.41) is 5.38. The lowest BCUT2D eigenvalue weighted by Gasteiger charge is -2.25. The molecular weight excluding hydrogens is 330 g/mol. The molecule has 2 aliphatic rings. The van der Waals surface area contributed by atoms with E-state index in [9.17, 15) is 9.59 Å². The first-order valence-electron chi connectivity index (χ1n) is 8.81. The van der Waals surface area contributed by atoms with Gasteiger partial charge in [0.25, 0.3) is 11.8 Å². The van der Waals surface area contributed by atoms with E-state index in [0.29, 0.717) is 23.4 Å². The van der Waals surface area contributed by atoms with Crippen LogP contribution in [0.15, 0.2) is 48.7 Å². The van der Waals surface area contributed by atoms with Crippen molar-refractivity contribution in [3.05, 3.63) is 59.8 Å². The van der Waals surface area contributed by atoms with Crippen molar-refractivity contribution in [3.8, 4) is 0 Å². The molecule has 2 aliphatic heterocycles. The average Bonchev–Trinajstić information content (AvgIpc) is 3.23. The van der Waals surface area contributed by atoms with E-state index < -0.39 is 0 Å². The van der Waals surface area contributed by atoms with Crippen LogP contribution < -0.4 is 4.90 Å². The molecule has 0 N–H and O–H groups in total. The van der Waals surface area contributed by atoms with E-state index in [1.54, 1.807) is 36.5 Å². The maximum absolute atomic E-state index is 12.9. The number of carbonyl (C=O) groups is 2. The van der Waals surface area contributed by atoms with Crippen LogP contribution in [0.1, 0.15) is 46.2 Å². The molecule has 3 aromatic rings. The predicted octanol–water partition coefficient (Wildman–Crippen LogP) is 3.54. The summed E-state index contributed by atoms with van der Waals surface area (Å²) >= 11 is 0. The van der Waals surface area contributed by atoms with Crippen LogP contribution in [0, 0.1) is 0 Å². The van der Waals surface area contributed by atoms with Crippen molar-refractivity contribution in [1.29, 1.82) is 0 Å². The first kappa shape index (κ1) is 15.3. The Kier molecular flexibility index (Phi) is 3.39. The molecule has 0 bridgehead atoms. The van der Waals surface area contributed by atoms with Gasteiger partial charge >= 0.3 is 0 Å². The highest BCUT2D eigenvalue weighted by Gasteiger charge is 2.38. The fourth-order valence-corrected chi connectivity index (χ4v) is 3.81. The molecule has 3 heterocycles. The number of ether oxygens (including phenoxy) is 1. The molecule has 0 spiro atoms. The third-order valence-electron chi connectivity index (χ3n) is 5.06. The molecule has 26 heavy (non-hydrogen) atoms. The molecule has 1 atom stereocenters. The van der Waals surface area contributed by atoms with Gasteiger partial charge in [0, 0.05) is 12.0 Å². The zero-order chi connectivity index (χ0) is 17.7. The van der Waals surface area contributed by atoms with E-state index in [2.05, 4.69) is 5.10 Å². The summed E-state index contributed by atoms with van der Waals surface area (Å²) < 4.78 is 7.69. The van der Waals surface area contributed by atoms with Gasteiger partial charge in [-0.3, -0.25) is 9.59 Å². The number of anilines is 1. The molecule has 1 saturated heterocycles.